The van der Waals surface area contributed by atoms with Gasteiger partial charge in [-0.25, -0.2) is 4.79 Å². The maximum atomic E-state index is 13.4. The molecule has 1 N–H and O–H groups in total. The predicted octanol–water partition coefficient (Wildman–Crippen LogP) is 3.84. The standard InChI is InChI=1S/C24H23NO5/c1-5-30-17-11-10-14(12-18(17)28-3)20-19(24(27)29-4)13(2)25-22-15-8-6-7-9-16(15)23(26)21(20)22/h6-12,20,25H,5H2,1-4H3/t20-/m1/s1. The van der Waals surface area contributed by atoms with Crippen LogP contribution in [0.15, 0.2) is 59.3 Å². The maximum absolute atomic E-state index is 13.4. The van der Waals surface area contributed by atoms with Crippen LogP contribution in [-0.2, 0) is 9.53 Å². The van der Waals surface area contributed by atoms with E-state index in [1.807, 2.05) is 44.2 Å². The van der Waals surface area contributed by atoms with Crippen molar-refractivity contribution in [2.45, 2.75) is 19.8 Å². The summed E-state index contributed by atoms with van der Waals surface area (Å²) in [6.07, 6.45) is 0. The van der Waals surface area contributed by atoms with Gasteiger partial charge in [-0.05, 0) is 31.5 Å². The Morgan fingerprint density at radius 3 is 2.47 bits per heavy atom. The van der Waals surface area contributed by atoms with Crippen LogP contribution in [0.3, 0.4) is 0 Å². The predicted molar refractivity (Wildman–Crippen MR) is 112 cm³/mol. The number of hydrogen-bond acceptors (Lipinski definition) is 6. The van der Waals surface area contributed by atoms with E-state index in [2.05, 4.69) is 5.32 Å². The number of Topliss-reactive ketones (excluding diaryl/α,β-unsaturated/α-hetero) is 1. The van der Waals surface area contributed by atoms with Crippen molar-refractivity contribution in [1.29, 1.82) is 0 Å². The fraction of sp³-hybridized carbons (Fsp3) is 0.250. The third kappa shape index (κ3) is 2.96. The van der Waals surface area contributed by atoms with Crippen molar-refractivity contribution < 1.29 is 23.8 Å². The number of carbonyl (C=O) groups is 2. The zero-order valence-electron chi connectivity index (χ0n) is 17.4. The Kier molecular flexibility index (Phi) is 5.08. The molecule has 1 aliphatic heterocycles. The van der Waals surface area contributed by atoms with Gasteiger partial charge in [0.15, 0.2) is 17.3 Å². The number of rotatable bonds is 5. The number of methoxy groups -OCH3 is 2. The smallest absolute Gasteiger partial charge is 0.336 e. The first kappa shape index (κ1) is 19.8. The lowest BCUT2D eigenvalue weighted by molar-refractivity contribution is -0.136. The molecule has 154 valence electrons. The van der Waals surface area contributed by atoms with E-state index in [1.165, 1.54) is 7.11 Å². The summed E-state index contributed by atoms with van der Waals surface area (Å²) in [6, 6.07) is 12.9. The highest BCUT2D eigenvalue weighted by molar-refractivity contribution is 6.23. The van der Waals surface area contributed by atoms with Crippen LogP contribution in [0.4, 0.5) is 0 Å². The third-order valence-corrected chi connectivity index (χ3v) is 5.48. The van der Waals surface area contributed by atoms with Crippen LogP contribution in [0.2, 0.25) is 0 Å². The van der Waals surface area contributed by atoms with Crippen LogP contribution in [0.25, 0.3) is 5.70 Å². The highest BCUT2D eigenvalue weighted by Crippen LogP contribution is 2.47. The average molecular weight is 405 g/mol. The number of ether oxygens (including phenoxy) is 3. The number of allylic oxidation sites excluding steroid dienone is 2. The van der Waals surface area contributed by atoms with E-state index < -0.39 is 11.9 Å². The molecular formula is C24H23NO5. The minimum absolute atomic E-state index is 0.0974. The molecule has 0 saturated carbocycles. The molecule has 1 heterocycles. The van der Waals surface area contributed by atoms with Gasteiger partial charge >= 0.3 is 5.97 Å². The van der Waals surface area contributed by atoms with Crippen LogP contribution in [0, 0.1) is 0 Å². The summed E-state index contributed by atoms with van der Waals surface area (Å²) in [5, 5.41) is 3.27. The van der Waals surface area contributed by atoms with E-state index in [0.29, 0.717) is 40.5 Å². The van der Waals surface area contributed by atoms with Crippen molar-refractivity contribution in [1.82, 2.24) is 5.32 Å². The van der Waals surface area contributed by atoms with Gasteiger partial charge in [0, 0.05) is 28.3 Å². The first-order valence-corrected chi connectivity index (χ1v) is 9.76. The molecule has 2 aliphatic rings. The van der Waals surface area contributed by atoms with Gasteiger partial charge in [0.1, 0.15) is 0 Å². The van der Waals surface area contributed by atoms with Gasteiger partial charge < -0.3 is 19.5 Å². The van der Waals surface area contributed by atoms with Crippen molar-refractivity contribution >= 4 is 17.4 Å². The molecule has 2 aromatic carbocycles. The first-order chi connectivity index (χ1) is 14.5. The van der Waals surface area contributed by atoms with E-state index in [9.17, 15) is 9.59 Å². The second-order valence-electron chi connectivity index (χ2n) is 7.09. The molecule has 4 rings (SSSR count). The Hall–Kier alpha value is -3.54. The van der Waals surface area contributed by atoms with Crippen molar-refractivity contribution in [2.24, 2.45) is 0 Å². The third-order valence-electron chi connectivity index (χ3n) is 5.48. The highest BCUT2D eigenvalue weighted by atomic mass is 16.5. The van der Waals surface area contributed by atoms with Crippen LogP contribution < -0.4 is 14.8 Å². The van der Waals surface area contributed by atoms with Crippen LogP contribution in [0.1, 0.15) is 41.3 Å². The zero-order valence-corrected chi connectivity index (χ0v) is 17.4. The van der Waals surface area contributed by atoms with Gasteiger partial charge in [0.05, 0.1) is 32.1 Å². The molecular weight excluding hydrogens is 382 g/mol. The van der Waals surface area contributed by atoms with Gasteiger partial charge in [-0.2, -0.15) is 0 Å². The number of benzene rings is 2. The minimum atomic E-state index is -0.585. The summed E-state index contributed by atoms with van der Waals surface area (Å²) in [7, 11) is 2.90. The van der Waals surface area contributed by atoms with Crippen molar-refractivity contribution in [3.63, 3.8) is 0 Å². The Labute approximate surface area is 175 Å². The van der Waals surface area contributed by atoms with E-state index in [0.717, 1.165) is 16.8 Å². The van der Waals surface area contributed by atoms with Gasteiger partial charge in [0.25, 0.3) is 0 Å². The molecule has 0 radical (unpaired) electrons. The number of dihydropyridines is 1. The summed E-state index contributed by atoms with van der Waals surface area (Å²) in [5.41, 5.74) is 4.55. The molecule has 1 aliphatic carbocycles. The summed E-state index contributed by atoms with van der Waals surface area (Å²) in [4.78, 5) is 26.1. The summed E-state index contributed by atoms with van der Waals surface area (Å²) < 4.78 is 16.2. The Balaban J connectivity index is 1.93. The molecule has 0 saturated heterocycles. The highest BCUT2D eigenvalue weighted by Gasteiger charge is 2.42. The minimum Gasteiger partial charge on any atom is -0.493 e. The monoisotopic (exact) mass is 405 g/mol. The maximum Gasteiger partial charge on any atom is 0.336 e. The van der Waals surface area contributed by atoms with Crippen molar-refractivity contribution in [2.75, 3.05) is 20.8 Å². The number of esters is 1. The fourth-order valence-corrected chi connectivity index (χ4v) is 4.18. The van der Waals surface area contributed by atoms with Gasteiger partial charge in [-0.1, -0.05) is 30.3 Å². The molecule has 2 aromatic rings. The summed E-state index contributed by atoms with van der Waals surface area (Å²) >= 11 is 0. The van der Waals surface area contributed by atoms with Gasteiger partial charge in [-0.15, -0.1) is 0 Å². The Morgan fingerprint density at radius 1 is 1.07 bits per heavy atom. The van der Waals surface area contributed by atoms with E-state index in [1.54, 1.807) is 19.2 Å². The topological polar surface area (TPSA) is 73.9 Å². The first-order valence-electron chi connectivity index (χ1n) is 9.76. The Morgan fingerprint density at radius 2 is 1.80 bits per heavy atom. The molecule has 0 bridgehead atoms. The molecule has 30 heavy (non-hydrogen) atoms. The number of nitrogens with one attached hydrogen (secondary N) is 1. The number of ketones is 1. The fourth-order valence-electron chi connectivity index (χ4n) is 4.18. The van der Waals surface area contributed by atoms with Crippen LogP contribution in [0.5, 0.6) is 11.5 Å². The van der Waals surface area contributed by atoms with Crippen molar-refractivity contribution in [3.05, 3.63) is 76.0 Å². The normalized spacial score (nSPS) is 17.3. The second kappa shape index (κ2) is 7.71. The molecule has 1 atom stereocenters. The molecule has 0 fully saturated rings. The number of carbonyl (C=O) groups excluding carboxylic acids is 2. The van der Waals surface area contributed by atoms with Crippen molar-refractivity contribution in [3.8, 4) is 11.5 Å². The zero-order chi connectivity index (χ0) is 21.4. The van der Waals surface area contributed by atoms with E-state index >= 15 is 0 Å². The lowest BCUT2D eigenvalue weighted by Gasteiger charge is -2.29. The van der Waals surface area contributed by atoms with E-state index in [4.69, 9.17) is 14.2 Å². The Bertz CT molecular complexity index is 1110. The summed E-state index contributed by atoms with van der Waals surface area (Å²) in [6.45, 7) is 4.21. The second-order valence-corrected chi connectivity index (χ2v) is 7.09. The summed E-state index contributed by atoms with van der Waals surface area (Å²) in [5.74, 6) is -0.0145. The quantitative estimate of drug-likeness (QED) is 0.762. The molecule has 6 nitrogen and oxygen atoms in total. The van der Waals surface area contributed by atoms with Crippen LogP contribution >= 0.6 is 0 Å². The van der Waals surface area contributed by atoms with Gasteiger partial charge in [0.2, 0.25) is 0 Å². The lowest BCUT2D eigenvalue weighted by atomic mass is 9.79. The number of fused-ring (bicyclic) bond motifs is 2. The average Bonchev–Trinajstić information content (AvgIpc) is 3.04. The van der Waals surface area contributed by atoms with E-state index in [-0.39, 0.29) is 5.78 Å². The molecule has 6 heteroatoms. The van der Waals surface area contributed by atoms with Crippen LogP contribution in [-0.4, -0.2) is 32.6 Å². The van der Waals surface area contributed by atoms with Gasteiger partial charge in [-0.3, -0.25) is 4.79 Å². The SMILES string of the molecule is CCOc1ccc([C@@H]2C(C(=O)OC)=C(C)NC3=C2C(=O)c2ccccc23)cc1OC. The molecule has 0 amide bonds. The molecule has 0 spiro atoms. The molecule has 0 aromatic heterocycles. The largest absolute Gasteiger partial charge is 0.493 e. The molecule has 0 unspecified atom stereocenters. The number of hydrogen-bond donors (Lipinski definition) is 1. The lowest BCUT2D eigenvalue weighted by Crippen LogP contribution is -2.29.